The molecule has 88 valence electrons. The molecule has 4 nitrogen and oxygen atoms in total. The van der Waals surface area contributed by atoms with Gasteiger partial charge in [-0.1, -0.05) is 30.3 Å². The third kappa shape index (κ3) is 4.00. The smallest absolute Gasteiger partial charge is 0.349 e. The number of rotatable bonds is 6. The Morgan fingerprint density at radius 3 is 2.56 bits per heavy atom. The molecule has 0 N–H and O–H groups in total. The highest BCUT2D eigenvalue weighted by atomic mass is 17.2. The first-order valence-electron chi connectivity index (χ1n) is 5.13. The van der Waals surface area contributed by atoms with E-state index in [0.717, 1.165) is 5.56 Å². The summed E-state index contributed by atoms with van der Waals surface area (Å²) in [7, 11) is 1.55. The van der Waals surface area contributed by atoms with Gasteiger partial charge in [0.2, 0.25) is 0 Å². The number of hydrogen-bond donors (Lipinski definition) is 0. The van der Waals surface area contributed by atoms with Crippen molar-refractivity contribution < 1.29 is 19.3 Å². The normalized spacial score (nSPS) is 12.1. The lowest BCUT2D eigenvalue weighted by Gasteiger charge is -2.09. The van der Waals surface area contributed by atoms with Gasteiger partial charge >= 0.3 is 5.97 Å². The molecular weight excluding hydrogens is 208 g/mol. The largest absolute Gasteiger partial charge is 0.382 e. The van der Waals surface area contributed by atoms with Crippen molar-refractivity contribution in [3.63, 3.8) is 0 Å². The highest BCUT2D eigenvalue weighted by molar-refractivity contribution is 5.77. The molecular formula is C12H16O4. The molecule has 1 aromatic rings. The molecule has 16 heavy (non-hydrogen) atoms. The molecule has 0 fully saturated rings. The summed E-state index contributed by atoms with van der Waals surface area (Å²) in [6, 6.07) is 9.41. The van der Waals surface area contributed by atoms with Crippen LogP contribution in [0.25, 0.3) is 0 Å². The Kier molecular flexibility index (Phi) is 5.53. The van der Waals surface area contributed by atoms with Gasteiger partial charge in [-0.2, -0.15) is 4.89 Å². The Hall–Kier alpha value is -1.39. The van der Waals surface area contributed by atoms with Gasteiger partial charge in [-0.15, -0.1) is 0 Å². The van der Waals surface area contributed by atoms with Crippen LogP contribution >= 0.6 is 0 Å². The molecule has 0 heterocycles. The Labute approximate surface area is 95.1 Å². The fourth-order valence-electron chi connectivity index (χ4n) is 1.17. The Morgan fingerprint density at radius 2 is 1.94 bits per heavy atom. The molecule has 1 rings (SSSR count). The van der Waals surface area contributed by atoms with E-state index in [1.807, 2.05) is 30.3 Å². The molecule has 1 unspecified atom stereocenters. The first kappa shape index (κ1) is 12.7. The van der Waals surface area contributed by atoms with Gasteiger partial charge in [-0.3, -0.25) is 4.89 Å². The lowest BCUT2D eigenvalue weighted by Crippen LogP contribution is -2.15. The molecule has 1 atom stereocenters. The van der Waals surface area contributed by atoms with Gasteiger partial charge in [0.1, 0.15) is 6.61 Å². The molecule has 0 aliphatic carbocycles. The number of hydrogen-bond acceptors (Lipinski definition) is 4. The SMILES string of the molecule is COCCOOC(=O)C(C)c1ccccc1. The van der Waals surface area contributed by atoms with E-state index in [9.17, 15) is 4.79 Å². The first-order valence-corrected chi connectivity index (χ1v) is 5.13. The summed E-state index contributed by atoms with van der Waals surface area (Å²) < 4.78 is 4.75. The van der Waals surface area contributed by atoms with E-state index in [4.69, 9.17) is 9.62 Å². The van der Waals surface area contributed by atoms with Gasteiger partial charge in [0.05, 0.1) is 12.5 Å². The fourth-order valence-corrected chi connectivity index (χ4v) is 1.17. The maximum Gasteiger partial charge on any atom is 0.349 e. The number of carbonyl (C=O) groups excluding carboxylic acids is 1. The van der Waals surface area contributed by atoms with Gasteiger partial charge in [0, 0.05) is 7.11 Å². The molecule has 0 aliphatic heterocycles. The number of carbonyl (C=O) groups is 1. The van der Waals surface area contributed by atoms with E-state index >= 15 is 0 Å². The second-order valence-electron chi connectivity index (χ2n) is 3.35. The van der Waals surface area contributed by atoms with Gasteiger partial charge in [-0.05, 0) is 12.5 Å². The number of ether oxygens (including phenoxy) is 1. The predicted octanol–water partition coefficient (Wildman–Crippen LogP) is 1.91. The summed E-state index contributed by atoms with van der Waals surface area (Å²) in [6.45, 7) is 2.41. The van der Waals surface area contributed by atoms with Crippen molar-refractivity contribution in [3.8, 4) is 0 Å². The summed E-state index contributed by atoms with van der Waals surface area (Å²) in [4.78, 5) is 20.9. The minimum absolute atomic E-state index is 0.240. The second kappa shape index (κ2) is 6.98. The topological polar surface area (TPSA) is 44.8 Å². The molecule has 0 bridgehead atoms. The zero-order valence-electron chi connectivity index (χ0n) is 9.51. The third-order valence-corrected chi connectivity index (χ3v) is 2.16. The number of benzene rings is 1. The van der Waals surface area contributed by atoms with E-state index in [1.54, 1.807) is 14.0 Å². The molecule has 0 radical (unpaired) electrons. The van der Waals surface area contributed by atoms with Crippen LogP contribution in [0, 0.1) is 0 Å². The van der Waals surface area contributed by atoms with Crippen LogP contribution in [-0.2, 0) is 19.3 Å². The van der Waals surface area contributed by atoms with Crippen LogP contribution in [-0.4, -0.2) is 26.3 Å². The van der Waals surface area contributed by atoms with Crippen molar-refractivity contribution >= 4 is 5.97 Å². The summed E-state index contributed by atoms with van der Waals surface area (Å²) >= 11 is 0. The molecule has 0 saturated heterocycles. The Balaban J connectivity index is 2.37. The van der Waals surface area contributed by atoms with Crippen LogP contribution in [0.1, 0.15) is 18.4 Å². The summed E-state index contributed by atoms with van der Waals surface area (Å²) in [5.41, 5.74) is 0.905. The molecule has 0 aromatic heterocycles. The van der Waals surface area contributed by atoms with Crippen molar-refractivity contribution in [2.75, 3.05) is 20.3 Å². The molecule has 4 heteroatoms. The second-order valence-corrected chi connectivity index (χ2v) is 3.35. The minimum Gasteiger partial charge on any atom is -0.382 e. The van der Waals surface area contributed by atoms with Crippen LogP contribution in [0.5, 0.6) is 0 Å². The first-order chi connectivity index (χ1) is 7.75. The zero-order chi connectivity index (χ0) is 11.8. The number of methoxy groups -OCH3 is 1. The molecule has 0 saturated carbocycles. The van der Waals surface area contributed by atoms with Crippen LogP contribution in [0.3, 0.4) is 0 Å². The Morgan fingerprint density at radius 1 is 1.25 bits per heavy atom. The monoisotopic (exact) mass is 224 g/mol. The highest BCUT2D eigenvalue weighted by Gasteiger charge is 2.17. The zero-order valence-corrected chi connectivity index (χ0v) is 9.51. The van der Waals surface area contributed by atoms with E-state index in [2.05, 4.69) is 4.89 Å². The molecule has 0 amide bonds. The van der Waals surface area contributed by atoms with Gasteiger partial charge in [0.15, 0.2) is 0 Å². The predicted molar refractivity (Wildman–Crippen MR) is 58.8 cm³/mol. The van der Waals surface area contributed by atoms with Crippen molar-refractivity contribution in [2.45, 2.75) is 12.8 Å². The lowest BCUT2D eigenvalue weighted by atomic mass is 10.0. The maximum atomic E-state index is 11.5. The molecule has 1 aromatic carbocycles. The van der Waals surface area contributed by atoms with Gasteiger partial charge in [0.25, 0.3) is 0 Å². The van der Waals surface area contributed by atoms with Crippen LogP contribution in [0.15, 0.2) is 30.3 Å². The van der Waals surface area contributed by atoms with Crippen molar-refractivity contribution in [1.29, 1.82) is 0 Å². The van der Waals surface area contributed by atoms with Gasteiger partial charge in [-0.25, -0.2) is 4.79 Å². The van der Waals surface area contributed by atoms with E-state index in [-0.39, 0.29) is 12.5 Å². The average Bonchev–Trinajstić information content (AvgIpc) is 2.34. The van der Waals surface area contributed by atoms with Crippen molar-refractivity contribution in [3.05, 3.63) is 35.9 Å². The summed E-state index contributed by atoms with van der Waals surface area (Å²) in [5, 5.41) is 0. The average molecular weight is 224 g/mol. The Bertz CT molecular complexity index is 310. The molecule has 0 spiro atoms. The highest BCUT2D eigenvalue weighted by Crippen LogP contribution is 2.15. The van der Waals surface area contributed by atoms with E-state index in [1.165, 1.54) is 0 Å². The lowest BCUT2D eigenvalue weighted by molar-refractivity contribution is -0.276. The van der Waals surface area contributed by atoms with Crippen molar-refractivity contribution in [2.24, 2.45) is 0 Å². The van der Waals surface area contributed by atoms with E-state index in [0.29, 0.717) is 6.61 Å². The minimum atomic E-state index is -0.401. The fraction of sp³-hybridized carbons (Fsp3) is 0.417. The summed E-state index contributed by atoms with van der Waals surface area (Å²) in [5.74, 6) is -0.731. The molecule has 0 aliphatic rings. The van der Waals surface area contributed by atoms with Crippen LogP contribution < -0.4 is 0 Å². The standard InChI is InChI=1S/C12H16O4/c1-10(11-6-4-3-5-7-11)12(13)16-15-9-8-14-2/h3-7,10H,8-9H2,1-2H3. The summed E-state index contributed by atoms with van der Waals surface area (Å²) in [6.07, 6.45) is 0. The quantitative estimate of drug-likeness (QED) is 0.420. The van der Waals surface area contributed by atoms with Gasteiger partial charge < -0.3 is 4.74 Å². The third-order valence-electron chi connectivity index (χ3n) is 2.16. The van der Waals surface area contributed by atoms with Crippen LogP contribution in [0.2, 0.25) is 0 Å². The van der Waals surface area contributed by atoms with Crippen molar-refractivity contribution in [1.82, 2.24) is 0 Å². The van der Waals surface area contributed by atoms with E-state index < -0.39 is 5.97 Å². The van der Waals surface area contributed by atoms with Crippen LogP contribution in [0.4, 0.5) is 0 Å². The maximum absolute atomic E-state index is 11.5.